The van der Waals surface area contributed by atoms with Crippen molar-refractivity contribution < 1.29 is 9.90 Å². The summed E-state index contributed by atoms with van der Waals surface area (Å²) in [6.45, 7) is 3.60. The molecule has 1 aromatic heterocycles. The Hall–Kier alpha value is -1.89. The number of rotatable bonds is 3. The molecule has 5 N–H and O–H groups in total. The van der Waals surface area contributed by atoms with Gasteiger partial charge in [0, 0.05) is 5.69 Å². The molecule has 2 rings (SSSR count). The highest BCUT2D eigenvalue weighted by Crippen LogP contribution is 2.28. The smallest absolute Gasteiger partial charge is 0.405 e. The number of hydrogen-bond acceptors (Lipinski definition) is 5. The zero-order chi connectivity index (χ0) is 13.8. The van der Waals surface area contributed by atoms with E-state index in [9.17, 15) is 4.79 Å². The molecule has 0 saturated carbocycles. The van der Waals surface area contributed by atoms with E-state index in [2.05, 4.69) is 20.6 Å². The number of nitrogens with zero attached hydrogens (tertiary/aromatic N) is 2. The first-order valence-corrected chi connectivity index (χ1v) is 6.37. The number of hydrogen-bond donors (Lipinski definition) is 4. The van der Waals surface area contributed by atoms with Crippen LogP contribution in [0, 0.1) is 12.8 Å². The Kier molecular flexibility index (Phi) is 4.16. The minimum Gasteiger partial charge on any atom is -0.465 e. The van der Waals surface area contributed by atoms with Gasteiger partial charge in [0.1, 0.15) is 0 Å². The molecule has 1 atom stereocenters. The molecule has 0 aromatic carbocycles. The second-order valence-electron chi connectivity index (χ2n) is 4.81. The number of nitrogens with one attached hydrogen (secondary N) is 2. The van der Waals surface area contributed by atoms with Gasteiger partial charge in [-0.25, -0.2) is 14.8 Å². The first kappa shape index (κ1) is 13.5. The van der Waals surface area contributed by atoms with Crippen LogP contribution in [0.5, 0.6) is 0 Å². The van der Waals surface area contributed by atoms with Crippen molar-refractivity contribution in [3.05, 3.63) is 17.5 Å². The van der Waals surface area contributed by atoms with Crippen molar-refractivity contribution in [3.8, 4) is 0 Å². The van der Waals surface area contributed by atoms with E-state index in [1.165, 1.54) is 0 Å². The summed E-state index contributed by atoms with van der Waals surface area (Å²) in [6.07, 6.45) is 0.778. The highest BCUT2D eigenvalue weighted by atomic mass is 16.4. The third-order valence-electron chi connectivity index (χ3n) is 3.34. The maximum absolute atomic E-state index is 11.0. The topological polar surface area (TPSA) is 113 Å². The number of nitrogen functional groups attached to an aromatic ring is 1. The lowest BCUT2D eigenvalue weighted by Gasteiger charge is -2.30. The van der Waals surface area contributed by atoms with Gasteiger partial charge in [-0.3, -0.25) is 0 Å². The van der Waals surface area contributed by atoms with Crippen LogP contribution in [0.4, 0.5) is 10.7 Å². The van der Waals surface area contributed by atoms with Crippen LogP contribution in [-0.4, -0.2) is 34.3 Å². The fourth-order valence-electron chi connectivity index (χ4n) is 2.52. The van der Waals surface area contributed by atoms with Crippen LogP contribution in [0.1, 0.15) is 30.3 Å². The largest absolute Gasteiger partial charge is 0.465 e. The number of anilines is 1. The average Bonchev–Trinajstić information content (AvgIpc) is 2.35. The lowest BCUT2D eigenvalue weighted by Crippen LogP contribution is -2.38. The van der Waals surface area contributed by atoms with Crippen molar-refractivity contribution in [2.24, 2.45) is 5.92 Å². The average molecular weight is 265 g/mol. The van der Waals surface area contributed by atoms with Crippen molar-refractivity contribution in [2.75, 3.05) is 18.8 Å². The van der Waals surface area contributed by atoms with Crippen LogP contribution in [0.2, 0.25) is 0 Å². The first-order chi connectivity index (χ1) is 9.06. The van der Waals surface area contributed by atoms with Gasteiger partial charge in [0.25, 0.3) is 0 Å². The summed E-state index contributed by atoms with van der Waals surface area (Å²) in [5.74, 6) is 0.409. The van der Waals surface area contributed by atoms with Crippen LogP contribution in [0.25, 0.3) is 0 Å². The van der Waals surface area contributed by atoms with Gasteiger partial charge in [0.2, 0.25) is 5.95 Å². The Morgan fingerprint density at radius 1 is 1.53 bits per heavy atom. The predicted molar refractivity (Wildman–Crippen MR) is 70.7 cm³/mol. The van der Waals surface area contributed by atoms with E-state index in [-0.39, 0.29) is 17.9 Å². The second-order valence-corrected chi connectivity index (χ2v) is 4.81. The third kappa shape index (κ3) is 3.54. The highest BCUT2D eigenvalue weighted by molar-refractivity contribution is 5.65. The van der Waals surface area contributed by atoms with E-state index in [0.717, 1.165) is 31.6 Å². The summed E-state index contributed by atoms with van der Waals surface area (Å²) in [7, 11) is 0. The zero-order valence-corrected chi connectivity index (χ0v) is 10.9. The number of amides is 1. The van der Waals surface area contributed by atoms with E-state index >= 15 is 0 Å². The van der Waals surface area contributed by atoms with Gasteiger partial charge in [0.05, 0.1) is 11.7 Å². The van der Waals surface area contributed by atoms with Gasteiger partial charge in [-0.1, -0.05) is 0 Å². The fraction of sp³-hybridized carbons (Fsp3) is 0.583. The molecule has 0 spiro atoms. The first-order valence-electron chi connectivity index (χ1n) is 6.37. The molecular formula is C12H19N5O2. The number of piperidine rings is 1. The maximum atomic E-state index is 11.0. The van der Waals surface area contributed by atoms with Crippen LogP contribution in [0.15, 0.2) is 6.07 Å². The fourth-order valence-corrected chi connectivity index (χ4v) is 2.52. The normalized spacial score (nSPS) is 17.9. The molecule has 1 aromatic rings. The number of nitrogens with two attached hydrogens (primary N) is 1. The Morgan fingerprint density at radius 3 is 2.79 bits per heavy atom. The SMILES string of the molecule is Cc1cc(C(NC(=O)O)C2CCNCC2)nc(N)n1. The lowest BCUT2D eigenvalue weighted by atomic mass is 9.88. The molecule has 1 saturated heterocycles. The summed E-state index contributed by atoms with van der Waals surface area (Å²) in [6, 6.07) is 1.46. The summed E-state index contributed by atoms with van der Waals surface area (Å²) < 4.78 is 0. The van der Waals surface area contributed by atoms with Crippen molar-refractivity contribution in [2.45, 2.75) is 25.8 Å². The molecule has 1 aliphatic heterocycles. The van der Waals surface area contributed by atoms with E-state index in [1.807, 2.05) is 6.92 Å². The van der Waals surface area contributed by atoms with Crippen molar-refractivity contribution in [1.82, 2.24) is 20.6 Å². The quantitative estimate of drug-likeness (QED) is 0.639. The van der Waals surface area contributed by atoms with Gasteiger partial charge in [0.15, 0.2) is 0 Å². The molecule has 19 heavy (non-hydrogen) atoms. The van der Waals surface area contributed by atoms with E-state index in [4.69, 9.17) is 10.8 Å². The molecule has 1 amide bonds. The maximum Gasteiger partial charge on any atom is 0.405 e. The predicted octanol–water partition coefficient (Wildman–Crippen LogP) is 0.676. The lowest BCUT2D eigenvalue weighted by molar-refractivity contribution is 0.179. The summed E-state index contributed by atoms with van der Waals surface area (Å²) in [4.78, 5) is 19.2. The number of aromatic nitrogens is 2. The molecule has 2 heterocycles. The molecule has 0 aliphatic carbocycles. The summed E-state index contributed by atoms with van der Waals surface area (Å²) in [5, 5.41) is 14.8. The molecule has 7 heteroatoms. The minimum absolute atomic E-state index is 0.182. The van der Waals surface area contributed by atoms with Gasteiger partial charge < -0.3 is 21.5 Å². The molecule has 104 valence electrons. The summed E-state index contributed by atoms with van der Waals surface area (Å²) >= 11 is 0. The monoisotopic (exact) mass is 265 g/mol. The number of carbonyl (C=O) groups is 1. The third-order valence-corrected chi connectivity index (χ3v) is 3.34. The molecule has 1 unspecified atom stereocenters. The minimum atomic E-state index is -1.04. The van der Waals surface area contributed by atoms with Crippen LogP contribution in [-0.2, 0) is 0 Å². The van der Waals surface area contributed by atoms with Gasteiger partial charge in [-0.05, 0) is 44.8 Å². The standard InChI is InChI=1S/C12H19N5O2/c1-7-6-9(16-11(13)15-7)10(17-12(18)19)8-2-4-14-5-3-8/h6,8,10,14,17H,2-5H2,1H3,(H,18,19)(H2,13,15,16). The van der Waals surface area contributed by atoms with Crippen LogP contribution < -0.4 is 16.4 Å². The molecule has 0 radical (unpaired) electrons. The molecule has 1 aliphatic rings. The Bertz CT molecular complexity index is 439. The van der Waals surface area contributed by atoms with E-state index < -0.39 is 6.09 Å². The molecule has 1 fully saturated rings. The highest BCUT2D eigenvalue weighted by Gasteiger charge is 2.28. The molecule has 7 nitrogen and oxygen atoms in total. The van der Waals surface area contributed by atoms with Gasteiger partial charge in [-0.15, -0.1) is 0 Å². The number of aryl methyl sites for hydroxylation is 1. The Labute approximate surface area is 111 Å². The summed E-state index contributed by atoms with van der Waals surface area (Å²) in [5.41, 5.74) is 7.04. The van der Waals surface area contributed by atoms with Crippen molar-refractivity contribution in [3.63, 3.8) is 0 Å². The van der Waals surface area contributed by atoms with Gasteiger partial charge >= 0.3 is 6.09 Å². The molecular weight excluding hydrogens is 246 g/mol. The van der Waals surface area contributed by atoms with Crippen LogP contribution >= 0.6 is 0 Å². The van der Waals surface area contributed by atoms with Gasteiger partial charge in [-0.2, -0.15) is 0 Å². The second kappa shape index (κ2) is 5.83. The number of carboxylic acid groups (broad SMARTS) is 1. The van der Waals surface area contributed by atoms with Crippen LogP contribution in [0.3, 0.4) is 0 Å². The Balaban J connectivity index is 2.27. The Morgan fingerprint density at radius 2 is 2.21 bits per heavy atom. The van der Waals surface area contributed by atoms with E-state index in [0.29, 0.717) is 5.69 Å². The van der Waals surface area contributed by atoms with Crippen molar-refractivity contribution >= 4 is 12.0 Å². The van der Waals surface area contributed by atoms with Crippen molar-refractivity contribution in [1.29, 1.82) is 0 Å². The van der Waals surface area contributed by atoms with E-state index in [1.54, 1.807) is 6.07 Å². The molecule has 0 bridgehead atoms. The zero-order valence-electron chi connectivity index (χ0n) is 10.9.